The van der Waals surface area contributed by atoms with E-state index in [0.717, 1.165) is 16.7 Å². The van der Waals surface area contributed by atoms with Gasteiger partial charge in [0.05, 0.1) is 5.69 Å². The lowest BCUT2D eigenvalue weighted by molar-refractivity contribution is 0.945. The number of aryl methyl sites for hydroxylation is 2. The molecule has 0 aliphatic carbocycles. The number of hydrogen-bond donors (Lipinski definition) is 2. The van der Waals surface area contributed by atoms with E-state index in [1.54, 1.807) is 0 Å². The molecule has 2 rings (SSSR count). The average molecular weight is 270 g/mol. The Balaban J connectivity index is 2.64. The highest BCUT2D eigenvalue weighted by molar-refractivity contribution is 5.78. The number of benzene rings is 1. The smallest absolute Gasteiger partial charge is 0.307 e. The minimum Gasteiger partial charge on any atom is -0.307 e. The van der Waals surface area contributed by atoms with E-state index in [9.17, 15) is 9.59 Å². The molecule has 4 heteroatoms. The average Bonchev–Trinajstić information content (AvgIpc) is 2.35. The molecule has 2 aromatic rings. The standard InChI is InChI=1S/C16H18N2O2/c1-5-13-14(17-16(20)18-15(13)19)11(4)12-7-9(2)6-10(3)8-12/h6-8H,4-5H2,1-3H3,(H2,17,18,19,20). The lowest BCUT2D eigenvalue weighted by Gasteiger charge is -2.11. The van der Waals surface area contributed by atoms with E-state index in [0.29, 0.717) is 23.3 Å². The summed E-state index contributed by atoms with van der Waals surface area (Å²) >= 11 is 0. The summed E-state index contributed by atoms with van der Waals surface area (Å²) in [6.07, 6.45) is 0.533. The van der Waals surface area contributed by atoms with Crippen molar-refractivity contribution in [1.82, 2.24) is 9.97 Å². The maximum Gasteiger partial charge on any atom is 0.326 e. The van der Waals surface area contributed by atoms with Crippen molar-refractivity contribution >= 4 is 5.57 Å². The summed E-state index contributed by atoms with van der Waals surface area (Å²) < 4.78 is 0. The Kier molecular flexibility index (Phi) is 3.74. The van der Waals surface area contributed by atoms with Crippen LogP contribution < -0.4 is 11.2 Å². The second-order valence-corrected chi connectivity index (χ2v) is 4.97. The van der Waals surface area contributed by atoms with Gasteiger partial charge < -0.3 is 4.98 Å². The Hall–Kier alpha value is -2.36. The van der Waals surface area contributed by atoms with Crippen molar-refractivity contribution in [2.45, 2.75) is 27.2 Å². The fraction of sp³-hybridized carbons (Fsp3) is 0.250. The molecule has 0 amide bonds. The molecule has 1 aromatic carbocycles. The molecule has 1 aromatic heterocycles. The fourth-order valence-electron chi connectivity index (χ4n) is 2.40. The van der Waals surface area contributed by atoms with Gasteiger partial charge in [0, 0.05) is 5.56 Å². The van der Waals surface area contributed by atoms with Crippen LogP contribution in [-0.2, 0) is 6.42 Å². The zero-order valence-electron chi connectivity index (χ0n) is 12.0. The Bertz CT molecular complexity index is 762. The van der Waals surface area contributed by atoms with Crippen LogP contribution in [0.3, 0.4) is 0 Å². The van der Waals surface area contributed by atoms with Crippen molar-refractivity contribution in [3.63, 3.8) is 0 Å². The van der Waals surface area contributed by atoms with E-state index in [-0.39, 0.29) is 5.56 Å². The first-order chi connectivity index (χ1) is 9.42. The predicted molar refractivity (Wildman–Crippen MR) is 81.1 cm³/mol. The molecule has 0 saturated carbocycles. The minimum atomic E-state index is -0.507. The molecule has 4 nitrogen and oxygen atoms in total. The van der Waals surface area contributed by atoms with Gasteiger partial charge in [-0.15, -0.1) is 0 Å². The molecule has 0 bridgehead atoms. The topological polar surface area (TPSA) is 65.7 Å². The van der Waals surface area contributed by atoms with Gasteiger partial charge in [0.1, 0.15) is 0 Å². The summed E-state index contributed by atoms with van der Waals surface area (Å²) in [6, 6.07) is 6.06. The molecule has 0 atom stereocenters. The molecule has 1 heterocycles. The lowest BCUT2D eigenvalue weighted by atomic mass is 9.97. The molecule has 0 unspecified atom stereocenters. The first-order valence-corrected chi connectivity index (χ1v) is 6.55. The third kappa shape index (κ3) is 2.64. The first-order valence-electron chi connectivity index (χ1n) is 6.55. The van der Waals surface area contributed by atoms with Gasteiger partial charge in [-0.05, 0) is 31.4 Å². The highest BCUT2D eigenvalue weighted by Gasteiger charge is 2.12. The van der Waals surface area contributed by atoms with Gasteiger partial charge in [-0.1, -0.05) is 42.8 Å². The van der Waals surface area contributed by atoms with Crippen LogP contribution in [-0.4, -0.2) is 9.97 Å². The molecule has 0 aliphatic heterocycles. The van der Waals surface area contributed by atoms with Crippen LogP contribution >= 0.6 is 0 Å². The summed E-state index contributed by atoms with van der Waals surface area (Å²) in [5.74, 6) is 0. The maximum absolute atomic E-state index is 11.8. The van der Waals surface area contributed by atoms with E-state index in [1.165, 1.54) is 0 Å². The molecule has 0 spiro atoms. The molecule has 0 radical (unpaired) electrons. The predicted octanol–water partition coefficient (Wildman–Crippen LogP) is 2.30. The molecular weight excluding hydrogens is 252 g/mol. The summed E-state index contributed by atoms with van der Waals surface area (Å²) in [5, 5.41) is 0. The summed E-state index contributed by atoms with van der Waals surface area (Å²) in [5.41, 5.74) is 4.03. The fourth-order valence-corrected chi connectivity index (χ4v) is 2.40. The second-order valence-electron chi connectivity index (χ2n) is 4.97. The van der Waals surface area contributed by atoms with Crippen LogP contribution in [0.25, 0.3) is 5.57 Å². The Labute approximate surface area is 117 Å². The third-order valence-corrected chi connectivity index (χ3v) is 3.27. The van der Waals surface area contributed by atoms with Crippen LogP contribution in [0.15, 0.2) is 34.4 Å². The normalized spacial score (nSPS) is 10.6. The van der Waals surface area contributed by atoms with Crippen molar-refractivity contribution in [3.05, 3.63) is 73.6 Å². The SMILES string of the molecule is C=C(c1cc(C)cc(C)c1)c1[nH]c(=O)[nH]c(=O)c1CC. The molecule has 0 aliphatic rings. The number of rotatable bonds is 3. The van der Waals surface area contributed by atoms with Crippen molar-refractivity contribution in [2.75, 3.05) is 0 Å². The second kappa shape index (κ2) is 5.33. The van der Waals surface area contributed by atoms with Crippen LogP contribution in [0.2, 0.25) is 0 Å². The van der Waals surface area contributed by atoms with Gasteiger partial charge in [0.2, 0.25) is 0 Å². The third-order valence-electron chi connectivity index (χ3n) is 3.27. The van der Waals surface area contributed by atoms with Gasteiger partial charge in [-0.3, -0.25) is 9.78 Å². The molecule has 20 heavy (non-hydrogen) atoms. The van der Waals surface area contributed by atoms with E-state index >= 15 is 0 Å². The highest BCUT2D eigenvalue weighted by Crippen LogP contribution is 2.23. The summed E-state index contributed by atoms with van der Waals surface area (Å²) in [4.78, 5) is 28.3. The first kappa shape index (κ1) is 14.1. The number of H-pyrrole nitrogens is 2. The number of hydrogen-bond acceptors (Lipinski definition) is 2. The van der Waals surface area contributed by atoms with Crippen LogP contribution in [0.5, 0.6) is 0 Å². The van der Waals surface area contributed by atoms with E-state index in [1.807, 2.05) is 32.9 Å². The van der Waals surface area contributed by atoms with Crippen molar-refractivity contribution in [2.24, 2.45) is 0 Å². The summed E-state index contributed by atoms with van der Waals surface area (Å²) in [6.45, 7) is 9.93. The minimum absolute atomic E-state index is 0.350. The van der Waals surface area contributed by atoms with Crippen LogP contribution in [0.1, 0.15) is 34.9 Å². The van der Waals surface area contributed by atoms with Crippen molar-refractivity contribution in [3.8, 4) is 0 Å². The van der Waals surface area contributed by atoms with Crippen LogP contribution in [0, 0.1) is 13.8 Å². The monoisotopic (exact) mass is 270 g/mol. The Morgan fingerprint density at radius 2 is 1.70 bits per heavy atom. The van der Waals surface area contributed by atoms with E-state index < -0.39 is 5.69 Å². The van der Waals surface area contributed by atoms with Gasteiger partial charge in [0.25, 0.3) is 5.56 Å². The van der Waals surface area contributed by atoms with E-state index in [2.05, 4.69) is 22.6 Å². The van der Waals surface area contributed by atoms with Crippen molar-refractivity contribution < 1.29 is 0 Å². The van der Waals surface area contributed by atoms with Crippen molar-refractivity contribution in [1.29, 1.82) is 0 Å². The lowest BCUT2D eigenvalue weighted by Crippen LogP contribution is -2.27. The zero-order chi connectivity index (χ0) is 14.9. The molecule has 0 saturated heterocycles. The number of nitrogens with one attached hydrogen (secondary N) is 2. The number of aromatic nitrogens is 2. The van der Waals surface area contributed by atoms with Gasteiger partial charge in [0.15, 0.2) is 0 Å². The Morgan fingerprint density at radius 1 is 1.10 bits per heavy atom. The quantitative estimate of drug-likeness (QED) is 0.898. The maximum atomic E-state index is 11.8. The molecule has 2 N–H and O–H groups in total. The molecule has 0 fully saturated rings. The zero-order valence-corrected chi connectivity index (χ0v) is 12.0. The molecule has 104 valence electrons. The summed E-state index contributed by atoms with van der Waals surface area (Å²) in [7, 11) is 0. The highest BCUT2D eigenvalue weighted by atomic mass is 16.2. The van der Waals surface area contributed by atoms with E-state index in [4.69, 9.17) is 0 Å². The largest absolute Gasteiger partial charge is 0.326 e. The van der Waals surface area contributed by atoms with Gasteiger partial charge in [-0.25, -0.2) is 4.79 Å². The van der Waals surface area contributed by atoms with Gasteiger partial charge >= 0.3 is 5.69 Å². The Morgan fingerprint density at radius 3 is 2.25 bits per heavy atom. The van der Waals surface area contributed by atoms with Crippen LogP contribution in [0.4, 0.5) is 0 Å². The number of aromatic amines is 2. The van der Waals surface area contributed by atoms with Gasteiger partial charge in [-0.2, -0.15) is 0 Å². The molecular formula is C16H18N2O2.